The van der Waals surface area contributed by atoms with Crippen LogP contribution in [0.5, 0.6) is 0 Å². The summed E-state index contributed by atoms with van der Waals surface area (Å²) in [5, 5.41) is 3.74. The molecule has 1 N–H and O–H groups in total. The standard InChI is InChI=1S/C51H82N2/c1-32(2)35-12-11-13-36(28-35)37-20-27-50(52-6)47(29-37)34-18-21-38(22-19-34)53(39-23-25-43-42-15-8-7-14-41(42)33(3)46(43)30-39)40-24-26-45-44-16-9-10-17-48(44)51(4,5)49(45)31-40/h18,21,24,27,32-39,41-49,52H,7-17,19-20,22-23,25-26,28-31H2,1-6H3. The second kappa shape index (κ2) is 15.3. The second-order valence-electron chi connectivity index (χ2n) is 22.3. The number of hydrogen-bond donors (Lipinski definition) is 1. The molecule has 0 heterocycles. The number of rotatable bonds is 7. The molecule has 0 saturated heterocycles. The molecule has 53 heavy (non-hydrogen) atoms. The summed E-state index contributed by atoms with van der Waals surface area (Å²) in [5.41, 5.74) is 3.88. The van der Waals surface area contributed by atoms with Crippen LogP contribution in [0.3, 0.4) is 0 Å². The fourth-order valence-corrected chi connectivity index (χ4v) is 17.0. The lowest BCUT2D eigenvalue weighted by molar-refractivity contribution is 0.0685. The molecule has 0 aromatic rings. The van der Waals surface area contributed by atoms with E-state index in [1.165, 1.54) is 128 Å². The third-order valence-corrected chi connectivity index (χ3v) is 19.8. The molecule has 0 aromatic heterocycles. The van der Waals surface area contributed by atoms with Gasteiger partial charge in [-0.15, -0.1) is 0 Å². The van der Waals surface area contributed by atoms with E-state index in [1.54, 1.807) is 12.1 Å². The van der Waals surface area contributed by atoms with Gasteiger partial charge >= 0.3 is 0 Å². The minimum Gasteiger partial charge on any atom is -0.391 e. The van der Waals surface area contributed by atoms with Gasteiger partial charge in [-0.2, -0.15) is 0 Å². The third-order valence-electron chi connectivity index (χ3n) is 19.8. The predicted molar refractivity (Wildman–Crippen MR) is 224 cm³/mol. The van der Waals surface area contributed by atoms with Crippen LogP contribution in [0.2, 0.25) is 0 Å². The van der Waals surface area contributed by atoms with Crippen LogP contribution in [-0.4, -0.2) is 24.0 Å². The quantitative estimate of drug-likeness (QED) is 0.263. The highest BCUT2D eigenvalue weighted by Gasteiger charge is 2.57. The molecule has 0 amide bonds. The first-order chi connectivity index (χ1) is 25.7. The predicted octanol–water partition coefficient (Wildman–Crippen LogP) is 13.2. The molecular formula is C51H82N2. The summed E-state index contributed by atoms with van der Waals surface area (Å²) in [6.07, 6.45) is 41.8. The van der Waals surface area contributed by atoms with Gasteiger partial charge in [0.25, 0.3) is 0 Å². The van der Waals surface area contributed by atoms with Crippen molar-refractivity contribution in [2.75, 3.05) is 7.05 Å². The van der Waals surface area contributed by atoms with E-state index < -0.39 is 0 Å². The Labute approximate surface area is 327 Å². The smallest absolute Gasteiger partial charge is 0.0473 e. The molecule has 6 fully saturated rings. The molecule has 0 aliphatic heterocycles. The number of nitrogens with zero attached hydrogens (tertiary/aromatic N) is 1. The average molecular weight is 723 g/mol. The molecular weight excluding hydrogens is 641 g/mol. The Morgan fingerprint density at radius 2 is 1.43 bits per heavy atom. The van der Waals surface area contributed by atoms with E-state index in [0.29, 0.717) is 23.3 Å². The van der Waals surface area contributed by atoms with Gasteiger partial charge in [0.1, 0.15) is 0 Å². The van der Waals surface area contributed by atoms with Gasteiger partial charge in [0, 0.05) is 36.4 Å². The van der Waals surface area contributed by atoms with Gasteiger partial charge in [0.15, 0.2) is 0 Å². The molecule has 6 saturated carbocycles. The molecule has 2 nitrogen and oxygen atoms in total. The van der Waals surface area contributed by atoms with Gasteiger partial charge < -0.3 is 10.2 Å². The van der Waals surface area contributed by atoms with Gasteiger partial charge in [-0.05, 0) is 178 Å². The first kappa shape index (κ1) is 37.4. The van der Waals surface area contributed by atoms with E-state index in [-0.39, 0.29) is 0 Å². The second-order valence-corrected chi connectivity index (χ2v) is 22.3. The van der Waals surface area contributed by atoms with E-state index >= 15 is 0 Å². The van der Waals surface area contributed by atoms with Crippen LogP contribution in [0.4, 0.5) is 0 Å². The van der Waals surface area contributed by atoms with Crippen LogP contribution in [0.1, 0.15) is 169 Å². The maximum atomic E-state index is 3.74. The molecule has 9 rings (SSSR count). The molecule has 2 heteroatoms. The highest BCUT2D eigenvalue weighted by molar-refractivity contribution is 5.22. The first-order valence-electron chi connectivity index (χ1n) is 24.3. The van der Waals surface area contributed by atoms with Crippen molar-refractivity contribution >= 4 is 0 Å². The molecule has 0 radical (unpaired) electrons. The van der Waals surface area contributed by atoms with Crippen molar-refractivity contribution in [3.63, 3.8) is 0 Å². The van der Waals surface area contributed by atoms with Crippen LogP contribution in [-0.2, 0) is 0 Å². The molecule has 9 aliphatic carbocycles. The Kier molecular flexibility index (Phi) is 10.8. The van der Waals surface area contributed by atoms with Gasteiger partial charge in [-0.3, -0.25) is 0 Å². The summed E-state index contributed by atoms with van der Waals surface area (Å²) >= 11 is 0. The molecule has 9 aliphatic rings. The zero-order valence-electron chi connectivity index (χ0n) is 35.4. The molecule has 0 bridgehead atoms. The Hall–Kier alpha value is -1.18. The Balaban J connectivity index is 0.963. The summed E-state index contributed by atoms with van der Waals surface area (Å²) < 4.78 is 0. The summed E-state index contributed by atoms with van der Waals surface area (Å²) in [6.45, 7) is 13.1. The van der Waals surface area contributed by atoms with Gasteiger partial charge in [0.05, 0.1) is 0 Å². The van der Waals surface area contributed by atoms with Crippen molar-refractivity contribution < 1.29 is 0 Å². The third kappa shape index (κ3) is 6.76. The Bertz CT molecular complexity index is 1370. The Morgan fingerprint density at radius 1 is 0.660 bits per heavy atom. The van der Waals surface area contributed by atoms with Gasteiger partial charge in [-0.25, -0.2) is 0 Å². The van der Waals surface area contributed by atoms with E-state index in [1.807, 2.05) is 5.70 Å². The van der Waals surface area contributed by atoms with E-state index in [2.05, 4.69) is 76.2 Å². The zero-order valence-corrected chi connectivity index (χ0v) is 35.4. The molecule has 16 unspecified atom stereocenters. The lowest BCUT2D eigenvalue weighted by Crippen LogP contribution is -2.48. The van der Waals surface area contributed by atoms with E-state index in [0.717, 1.165) is 83.0 Å². The lowest BCUT2D eigenvalue weighted by Gasteiger charge is -2.50. The molecule has 0 aromatic carbocycles. The fourth-order valence-electron chi connectivity index (χ4n) is 17.0. The monoisotopic (exact) mass is 723 g/mol. The fraction of sp³-hybridized carbons (Fsp3) is 0.882. The topological polar surface area (TPSA) is 15.3 Å². The van der Waals surface area contributed by atoms with Gasteiger partial charge in [-0.1, -0.05) is 104 Å². The summed E-state index contributed by atoms with van der Waals surface area (Å²) in [5.74, 6) is 13.9. The summed E-state index contributed by atoms with van der Waals surface area (Å²) in [7, 11) is 2.21. The minimum atomic E-state index is 0.503. The maximum absolute atomic E-state index is 3.74. The van der Waals surface area contributed by atoms with Crippen molar-refractivity contribution in [3.05, 3.63) is 35.7 Å². The maximum Gasteiger partial charge on any atom is 0.0473 e. The molecule has 16 atom stereocenters. The van der Waals surface area contributed by atoms with Crippen molar-refractivity contribution in [1.82, 2.24) is 10.2 Å². The Morgan fingerprint density at radius 3 is 2.21 bits per heavy atom. The van der Waals surface area contributed by atoms with Crippen LogP contribution in [0.15, 0.2) is 35.7 Å². The lowest BCUT2D eigenvalue weighted by atomic mass is 9.65. The van der Waals surface area contributed by atoms with Crippen molar-refractivity contribution in [2.24, 2.45) is 94.2 Å². The van der Waals surface area contributed by atoms with Crippen LogP contribution in [0, 0.1) is 94.2 Å². The van der Waals surface area contributed by atoms with Crippen molar-refractivity contribution in [1.29, 1.82) is 0 Å². The zero-order chi connectivity index (χ0) is 36.4. The van der Waals surface area contributed by atoms with Gasteiger partial charge in [0.2, 0.25) is 0 Å². The summed E-state index contributed by atoms with van der Waals surface area (Å²) in [6, 6.07) is 1.36. The summed E-state index contributed by atoms with van der Waals surface area (Å²) in [4.78, 5) is 3.18. The van der Waals surface area contributed by atoms with Crippen molar-refractivity contribution in [3.8, 4) is 0 Å². The highest BCUT2D eigenvalue weighted by Crippen LogP contribution is 2.64. The van der Waals surface area contributed by atoms with E-state index in [4.69, 9.17) is 0 Å². The average Bonchev–Trinajstić information content (AvgIpc) is 3.61. The molecule has 296 valence electrons. The SMILES string of the molecule is CNC1=CCC(C2CCCC(C(C)C)C2)CC1C1C=CC(N(C2=CCC3C4CCCCC4C(C)(C)C3C2)C2CCC3C(C2)C(C)C2CCCCC23)CC1. The first-order valence-corrected chi connectivity index (χ1v) is 24.3. The van der Waals surface area contributed by atoms with E-state index in [9.17, 15) is 0 Å². The number of nitrogens with one attached hydrogen (secondary N) is 1. The van der Waals surface area contributed by atoms with Crippen LogP contribution >= 0.6 is 0 Å². The number of allylic oxidation sites excluding steroid dienone is 5. The van der Waals surface area contributed by atoms with Crippen LogP contribution in [0.25, 0.3) is 0 Å². The number of fused-ring (bicyclic) bond motifs is 6. The highest BCUT2D eigenvalue weighted by atomic mass is 15.2. The number of hydrogen-bond acceptors (Lipinski definition) is 2. The largest absolute Gasteiger partial charge is 0.391 e. The minimum absolute atomic E-state index is 0.503. The van der Waals surface area contributed by atoms with Crippen molar-refractivity contribution in [2.45, 2.75) is 182 Å². The molecule has 0 spiro atoms. The normalized spacial score (nSPS) is 47.8. The van der Waals surface area contributed by atoms with Crippen LogP contribution < -0.4 is 5.32 Å².